The van der Waals surface area contributed by atoms with Gasteiger partial charge in [-0.05, 0) is 55.3 Å². The van der Waals surface area contributed by atoms with Gasteiger partial charge in [0, 0.05) is 18.3 Å². The number of carbonyl (C=O) groups excluding carboxylic acids is 2. The zero-order chi connectivity index (χ0) is 30.4. The Morgan fingerprint density at radius 2 is 1.38 bits per heavy atom. The predicted octanol–water partition coefficient (Wildman–Crippen LogP) is 8.05. The van der Waals surface area contributed by atoms with E-state index in [0.717, 1.165) is 56.1 Å². The highest BCUT2D eigenvalue weighted by atomic mass is 35.5. The van der Waals surface area contributed by atoms with Crippen LogP contribution in [-0.4, -0.2) is 31.2 Å². The van der Waals surface area contributed by atoms with Crippen LogP contribution in [0.2, 0.25) is 5.02 Å². The van der Waals surface area contributed by atoms with Crippen LogP contribution in [0, 0.1) is 25.5 Å². The number of aryl methyl sites for hydroxylation is 2. The Hall–Kier alpha value is -3.74. The Morgan fingerprint density at radius 1 is 0.825 bits per heavy atom. The fourth-order valence-electron chi connectivity index (χ4n) is 3.94. The number of benzene rings is 3. The van der Waals surface area contributed by atoms with Crippen LogP contribution in [0.15, 0.2) is 48.5 Å². The second kappa shape index (κ2) is 10.7. The molecule has 0 unspecified atom stereocenters. The lowest BCUT2D eigenvalue weighted by Crippen LogP contribution is -2.50. The van der Waals surface area contributed by atoms with Crippen LogP contribution >= 0.6 is 11.6 Å². The van der Waals surface area contributed by atoms with E-state index in [1.807, 2.05) is 0 Å². The summed E-state index contributed by atoms with van der Waals surface area (Å²) in [6.45, 7) is 2.07. The van der Waals surface area contributed by atoms with Crippen molar-refractivity contribution in [2.45, 2.75) is 31.9 Å². The normalized spacial score (nSPS) is 12.3. The number of nitrogens with one attached hydrogen (secondary N) is 1. The third kappa shape index (κ3) is 5.47. The van der Waals surface area contributed by atoms with Crippen LogP contribution in [-0.2, 0) is 5.67 Å². The lowest BCUT2D eigenvalue weighted by atomic mass is 9.90. The van der Waals surface area contributed by atoms with E-state index in [1.54, 1.807) is 0 Å². The maximum atomic E-state index is 15.4. The average molecular weight is 597 g/mol. The molecule has 0 aromatic heterocycles. The number of alkyl halides is 7. The maximum absolute atomic E-state index is 15.4. The Labute approximate surface area is 226 Å². The summed E-state index contributed by atoms with van der Waals surface area (Å²) in [6, 6.07) is 6.83. The van der Waals surface area contributed by atoms with E-state index in [-0.39, 0.29) is 39.5 Å². The van der Waals surface area contributed by atoms with Gasteiger partial charge in [-0.2, -0.15) is 26.3 Å². The molecule has 0 saturated heterocycles. The molecule has 4 nitrogen and oxygen atoms in total. The van der Waals surface area contributed by atoms with Gasteiger partial charge in [-0.1, -0.05) is 29.8 Å². The van der Waals surface area contributed by atoms with E-state index in [1.165, 1.54) is 6.07 Å². The molecule has 214 valence electrons. The number of hydrogen-bond acceptors (Lipinski definition) is 2. The Bertz CT molecular complexity index is 1450. The van der Waals surface area contributed by atoms with Gasteiger partial charge in [0.2, 0.25) is 0 Å². The molecule has 14 heteroatoms. The van der Waals surface area contributed by atoms with Crippen LogP contribution in [0.4, 0.5) is 50.9 Å². The standard InChI is InChI=1S/C26H18ClF9N2O2/c1-12-9-14(24(30,25(31,32)33)26(34,35)36)10-13(2)21(12)37-22(39)17-5-4-6-19(20(17)29)38(3)23(40)16-8-7-15(28)11-18(16)27/h4-11H,1-3H3,(H,37,39). The van der Waals surface area contributed by atoms with Gasteiger partial charge in [0.05, 0.1) is 21.8 Å². The molecule has 0 heterocycles. The molecule has 0 saturated carbocycles. The molecular formula is C26H18ClF9N2O2. The monoisotopic (exact) mass is 596 g/mol. The fraction of sp³-hybridized carbons (Fsp3) is 0.231. The minimum atomic E-state index is -6.33. The number of anilines is 2. The maximum Gasteiger partial charge on any atom is 0.435 e. The molecule has 1 N–H and O–H groups in total. The van der Waals surface area contributed by atoms with Gasteiger partial charge in [-0.15, -0.1) is 0 Å². The third-order valence-electron chi connectivity index (χ3n) is 6.00. The smallest absolute Gasteiger partial charge is 0.321 e. The van der Waals surface area contributed by atoms with E-state index in [0.29, 0.717) is 0 Å². The molecule has 0 aliphatic heterocycles. The lowest BCUT2D eigenvalue weighted by Gasteiger charge is -2.31. The molecule has 0 fully saturated rings. The summed E-state index contributed by atoms with van der Waals surface area (Å²) in [6.07, 6.45) is -12.7. The second-order valence-corrected chi connectivity index (χ2v) is 9.13. The van der Waals surface area contributed by atoms with E-state index in [2.05, 4.69) is 5.32 Å². The third-order valence-corrected chi connectivity index (χ3v) is 6.31. The van der Waals surface area contributed by atoms with Crippen molar-refractivity contribution in [1.82, 2.24) is 0 Å². The summed E-state index contributed by atoms with van der Waals surface area (Å²) < 4.78 is 122. The first-order chi connectivity index (χ1) is 18.3. The predicted molar refractivity (Wildman–Crippen MR) is 129 cm³/mol. The van der Waals surface area contributed by atoms with Gasteiger partial charge in [-0.3, -0.25) is 9.59 Å². The number of rotatable bonds is 5. The van der Waals surface area contributed by atoms with Crippen molar-refractivity contribution < 1.29 is 49.1 Å². The second-order valence-electron chi connectivity index (χ2n) is 8.72. The number of hydrogen-bond donors (Lipinski definition) is 1. The van der Waals surface area contributed by atoms with Crippen molar-refractivity contribution >= 4 is 34.8 Å². The quantitative estimate of drug-likeness (QED) is 0.303. The van der Waals surface area contributed by atoms with E-state index < -0.39 is 58.3 Å². The molecule has 3 aromatic rings. The molecule has 2 amide bonds. The molecule has 0 aliphatic rings. The summed E-state index contributed by atoms with van der Waals surface area (Å²) in [5, 5.41) is 1.95. The highest BCUT2D eigenvalue weighted by Gasteiger charge is 2.73. The summed E-state index contributed by atoms with van der Waals surface area (Å²) in [5.41, 5.74) is -9.66. The van der Waals surface area contributed by atoms with Gasteiger partial charge in [-0.25, -0.2) is 13.2 Å². The molecule has 0 atom stereocenters. The number of amides is 2. The average Bonchev–Trinajstić information content (AvgIpc) is 2.83. The van der Waals surface area contributed by atoms with Gasteiger partial charge in [0.15, 0.2) is 5.82 Å². The first kappa shape index (κ1) is 30.8. The van der Waals surface area contributed by atoms with Crippen molar-refractivity contribution in [3.05, 3.63) is 93.0 Å². The molecule has 40 heavy (non-hydrogen) atoms. The van der Waals surface area contributed by atoms with Crippen LogP contribution in [0.3, 0.4) is 0 Å². The van der Waals surface area contributed by atoms with E-state index >= 15 is 4.39 Å². The van der Waals surface area contributed by atoms with Gasteiger partial charge in [0.25, 0.3) is 11.8 Å². The van der Waals surface area contributed by atoms with Crippen molar-refractivity contribution in [2.75, 3.05) is 17.3 Å². The summed E-state index contributed by atoms with van der Waals surface area (Å²) in [7, 11) is 1.15. The van der Waals surface area contributed by atoms with Crippen molar-refractivity contribution in [3.63, 3.8) is 0 Å². The SMILES string of the molecule is Cc1cc(C(F)(C(F)(F)F)C(F)(F)F)cc(C)c1NC(=O)c1cccc(N(C)C(=O)c2ccc(F)cc2Cl)c1F. The Balaban J connectivity index is 1.96. The molecule has 3 rings (SSSR count). The van der Waals surface area contributed by atoms with Crippen molar-refractivity contribution in [2.24, 2.45) is 0 Å². The van der Waals surface area contributed by atoms with Crippen LogP contribution < -0.4 is 10.2 Å². The molecule has 0 spiro atoms. The largest absolute Gasteiger partial charge is 0.435 e. The number of nitrogens with zero attached hydrogens (tertiary/aromatic N) is 1. The summed E-state index contributed by atoms with van der Waals surface area (Å²) in [4.78, 5) is 26.5. The first-order valence-electron chi connectivity index (χ1n) is 11.1. The zero-order valence-corrected chi connectivity index (χ0v) is 21.4. The molecule has 3 aromatic carbocycles. The number of carbonyl (C=O) groups is 2. The van der Waals surface area contributed by atoms with E-state index in [4.69, 9.17) is 11.6 Å². The van der Waals surface area contributed by atoms with Gasteiger partial charge in [0.1, 0.15) is 5.82 Å². The zero-order valence-electron chi connectivity index (χ0n) is 20.7. The number of halogens is 10. The highest BCUT2D eigenvalue weighted by Crippen LogP contribution is 2.53. The molecule has 0 radical (unpaired) electrons. The van der Waals surface area contributed by atoms with Crippen LogP contribution in [0.5, 0.6) is 0 Å². The fourth-order valence-corrected chi connectivity index (χ4v) is 4.18. The van der Waals surface area contributed by atoms with Gasteiger partial charge < -0.3 is 10.2 Å². The molecular weight excluding hydrogens is 579 g/mol. The topological polar surface area (TPSA) is 49.4 Å². The summed E-state index contributed by atoms with van der Waals surface area (Å²) >= 11 is 5.89. The van der Waals surface area contributed by atoms with Crippen LogP contribution in [0.25, 0.3) is 0 Å². The highest BCUT2D eigenvalue weighted by molar-refractivity contribution is 6.34. The summed E-state index contributed by atoms with van der Waals surface area (Å²) in [5.74, 6) is -3.95. The molecule has 0 aliphatic carbocycles. The Morgan fingerprint density at radius 3 is 1.88 bits per heavy atom. The first-order valence-corrected chi connectivity index (χ1v) is 11.5. The Kier molecular flexibility index (Phi) is 8.22. The van der Waals surface area contributed by atoms with Crippen molar-refractivity contribution in [1.29, 1.82) is 0 Å². The minimum Gasteiger partial charge on any atom is -0.321 e. The minimum absolute atomic E-state index is 0.173. The van der Waals surface area contributed by atoms with Crippen LogP contribution in [0.1, 0.15) is 37.4 Å². The lowest BCUT2D eigenvalue weighted by molar-refractivity contribution is -0.348. The van der Waals surface area contributed by atoms with E-state index in [9.17, 15) is 44.7 Å². The van der Waals surface area contributed by atoms with Crippen molar-refractivity contribution in [3.8, 4) is 0 Å². The van der Waals surface area contributed by atoms with Gasteiger partial charge >= 0.3 is 18.0 Å². The molecule has 0 bridgehead atoms.